The van der Waals surface area contributed by atoms with Crippen LogP contribution in [0, 0.1) is 6.92 Å². The van der Waals surface area contributed by atoms with Crippen LogP contribution in [0.3, 0.4) is 0 Å². The van der Waals surface area contributed by atoms with Crippen molar-refractivity contribution < 1.29 is 9.53 Å². The summed E-state index contributed by atoms with van der Waals surface area (Å²) >= 11 is 0. The third-order valence-corrected chi connectivity index (χ3v) is 2.59. The number of carbonyl (C=O) groups is 1. The molecule has 0 amide bonds. The zero-order valence-corrected chi connectivity index (χ0v) is 9.04. The highest BCUT2D eigenvalue weighted by atomic mass is 16.5. The summed E-state index contributed by atoms with van der Waals surface area (Å²) in [6.07, 6.45) is 0.731. The molecule has 1 atom stereocenters. The molecule has 1 heterocycles. The van der Waals surface area contributed by atoms with Crippen LogP contribution in [-0.4, -0.2) is 18.6 Å². The van der Waals surface area contributed by atoms with E-state index in [0.29, 0.717) is 6.61 Å². The van der Waals surface area contributed by atoms with Crippen molar-refractivity contribution in [1.29, 1.82) is 0 Å². The first kappa shape index (κ1) is 10.0. The minimum Gasteiger partial charge on any atom is -0.464 e. The Bertz CT molecular complexity index is 387. The largest absolute Gasteiger partial charge is 0.464 e. The van der Waals surface area contributed by atoms with Crippen LogP contribution >= 0.6 is 0 Å². The van der Waals surface area contributed by atoms with E-state index in [9.17, 15) is 4.79 Å². The Balaban J connectivity index is 2.12. The van der Waals surface area contributed by atoms with Crippen molar-refractivity contribution in [3.05, 3.63) is 29.3 Å². The molecule has 80 valence electrons. The molecule has 1 unspecified atom stereocenters. The van der Waals surface area contributed by atoms with E-state index >= 15 is 0 Å². The Kier molecular flexibility index (Phi) is 2.62. The number of aryl methyl sites for hydroxylation is 1. The smallest absolute Gasteiger partial charge is 0.328 e. The number of benzene rings is 1. The van der Waals surface area contributed by atoms with Crippen LogP contribution in [0.4, 0.5) is 5.69 Å². The minimum absolute atomic E-state index is 0.161. The Morgan fingerprint density at radius 1 is 1.60 bits per heavy atom. The summed E-state index contributed by atoms with van der Waals surface area (Å²) in [6, 6.07) is 5.99. The van der Waals surface area contributed by atoms with Gasteiger partial charge in [-0.25, -0.2) is 4.79 Å². The lowest BCUT2D eigenvalue weighted by molar-refractivity contribution is -0.143. The van der Waals surface area contributed by atoms with E-state index in [4.69, 9.17) is 4.74 Å². The average Bonchev–Trinajstić information content (AvgIpc) is 2.60. The van der Waals surface area contributed by atoms with E-state index < -0.39 is 0 Å². The summed E-state index contributed by atoms with van der Waals surface area (Å²) in [5.41, 5.74) is 3.46. The lowest BCUT2D eigenvalue weighted by Crippen LogP contribution is -2.28. The molecule has 0 saturated heterocycles. The van der Waals surface area contributed by atoms with Gasteiger partial charge in [0.15, 0.2) is 0 Å². The van der Waals surface area contributed by atoms with E-state index in [2.05, 4.69) is 23.5 Å². The number of anilines is 1. The molecule has 3 heteroatoms. The summed E-state index contributed by atoms with van der Waals surface area (Å²) in [4.78, 5) is 11.5. The van der Waals surface area contributed by atoms with Crippen LogP contribution in [0.15, 0.2) is 18.2 Å². The van der Waals surface area contributed by atoms with Gasteiger partial charge < -0.3 is 10.1 Å². The predicted molar refractivity (Wildman–Crippen MR) is 58.9 cm³/mol. The van der Waals surface area contributed by atoms with Gasteiger partial charge in [-0.3, -0.25) is 0 Å². The minimum atomic E-state index is -0.207. The molecule has 1 aliphatic rings. The maximum atomic E-state index is 11.5. The maximum absolute atomic E-state index is 11.5. The summed E-state index contributed by atoms with van der Waals surface area (Å²) < 4.78 is 4.99. The van der Waals surface area contributed by atoms with Gasteiger partial charge in [-0.05, 0) is 31.0 Å². The van der Waals surface area contributed by atoms with Crippen LogP contribution in [-0.2, 0) is 16.0 Å². The Hall–Kier alpha value is -1.51. The van der Waals surface area contributed by atoms with Crippen LogP contribution in [0.2, 0.25) is 0 Å². The van der Waals surface area contributed by atoms with E-state index in [0.717, 1.165) is 12.1 Å². The monoisotopic (exact) mass is 205 g/mol. The van der Waals surface area contributed by atoms with Gasteiger partial charge in [-0.2, -0.15) is 0 Å². The molecule has 0 aromatic heterocycles. The van der Waals surface area contributed by atoms with Gasteiger partial charge >= 0.3 is 5.97 Å². The number of rotatable bonds is 2. The zero-order valence-electron chi connectivity index (χ0n) is 9.04. The summed E-state index contributed by atoms with van der Waals surface area (Å²) in [7, 11) is 0. The second-order valence-electron chi connectivity index (χ2n) is 3.81. The van der Waals surface area contributed by atoms with Crippen molar-refractivity contribution in [3.8, 4) is 0 Å². The quantitative estimate of drug-likeness (QED) is 0.749. The van der Waals surface area contributed by atoms with Crippen molar-refractivity contribution in [2.75, 3.05) is 11.9 Å². The molecule has 3 nitrogen and oxygen atoms in total. The maximum Gasteiger partial charge on any atom is 0.328 e. The summed E-state index contributed by atoms with van der Waals surface area (Å²) in [5, 5.41) is 3.19. The number of carbonyl (C=O) groups excluding carboxylic acids is 1. The van der Waals surface area contributed by atoms with Gasteiger partial charge in [0, 0.05) is 12.1 Å². The predicted octanol–water partition coefficient (Wildman–Crippen LogP) is 1.89. The third kappa shape index (κ3) is 1.96. The number of hydrogen-bond acceptors (Lipinski definition) is 3. The molecule has 0 saturated carbocycles. The molecule has 2 rings (SSSR count). The van der Waals surface area contributed by atoms with Crippen molar-refractivity contribution in [2.24, 2.45) is 0 Å². The SMILES string of the molecule is CCOC(=O)C1Cc2ccc(C)cc2N1. The van der Waals surface area contributed by atoms with Gasteiger partial charge in [-0.15, -0.1) is 0 Å². The molecule has 0 bridgehead atoms. The number of hydrogen-bond donors (Lipinski definition) is 1. The highest BCUT2D eigenvalue weighted by Gasteiger charge is 2.27. The van der Waals surface area contributed by atoms with E-state index in [1.165, 1.54) is 11.1 Å². The molecule has 15 heavy (non-hydrogen) atoms. The number of esters is 1. The number of fused-ring (bicyclic) bond motifs is 1. The third-order valence-electron chi connectivity index (χ3n) is 2.59. The second-order valence-corrected chi connectivity index (χ2v) is 3.81. The first-order chi connectivity index (χ1) is 7.20. The fourth-order valence-corrected chi connectivity index (χ4v) is 1.85. The molecule has 1 aromatic carbocycles. The second kappa shape index (κ2) is 3.93. The van der Waals surface area contributed by atoms with Crippen molar-refractivity contribution in [3.63, 3.8) is 0 Å². The molecule has 0 fully saturated rings. The van der Waals surface area contributed by atoms with Gasteiger partial charge in [0.2, 0.25) is 0 Å². The van der Waals surface area contributed by atoms with Crippen LogP contribution in [0.25, 0.3) is 0 Å². The van der Waals surface area contributed by atoms with Crippen LogP contribution in [0.5, 0.6) is 0 Å². The molecule has 0 aliphatic carbocycles. The van der Waals surface area contributed by atoms with Gasteiger partial charge in [-0.1, -0.05) is 12.1 Å². The van der Waals surface area contributed by atoms with Gasteiger partial charge in [0.25, 0.3) is 0 Å². The molecular weight excluding hydrogens is 190 g/mol. The summed E-state index contributed by atoms with van der Waals surface area (Å²) in [5.74, 6) is -0.161. The summed E-state index contributed by atoms with van der Waals surface area (Å²) in [6.45, 7) is 4.30. The first-order valence-electron chi connectivity index (χ1n) is 5.23. The average molecular weight is 205 g/mol. The normalized spacial score (nSPS) is 18.1. The molecular formula is C12H15NO2. The van der Waals surface area contributed by atoms with Crippen molar-refractivity contribution in [1.82, 2.24) is 0 Å². The zero-order chi connectivity index (χ0) is 10.8. The van der Waals surface area contributed by atoms with Crippen molar-refractivity contribution in [2.45, 2.75) is 26.3 Å². The topological polar surface area (TPSA) is 38.3 Å². The molecule has 0 radical (unpaired) electrons. The standard InChI is InChI=1S/C12H15NO2/c1-3-15-12(14)11-7-9-5-4-8(2)6-10(9)13-11/h4-6,11,13H,3,7H2,1-2H3. The van der Waals surface area contributed by atoms with E-state index in [1.54, 1.807) is 0 Å². The van der Waals surface area contributed by atoms with E-state index in [-0.39, 0.29) is 12.0 Å². The molecule has 1 aromatic rings. The lowest BCUT2D eigenvalue weighted by Gasteiger charge is -2.09. The van der Waals surface area contributed by atoms with Gasteiger partial charge in [0.05, 0.1) is 6.61 Å². The van der Waals surface area contributed by atoms with Crippen LogP contribution < -0.4 is 5.32 Å². The molecule has 1 aliphatic heterocycles. The van der Waals surface area contributed by atoms with Gasteiger partial charge in [0.1, 0.15) is 6.04 Å². The highest BCUT2D eigenvalue weighted by molar-refractivity contribution is 5.83. The molecule has 1 N–H and O–H groups in total. The number of nitrogens with one attached hydrogen (secondary N) is 1. The van der Waals surface area contributed by atoms with Crippen LogP contribution in [0.1, 0.15) is 18.1 Å². The Morgan fingerprint density at radius 3 is 3.13 bits per heavy atom. The Labute approximate surface area is 89.4 Å². The highest BCUT2D eigenvalue weighted by Crippen LogP contribution is 2.27. The van der Waals surface area contributed by atoms with E-state index in [1.807, 2.05) is 13.8 Å². The lowest BCUT2D eigenvalue weighted by atomic mass is 10.1. The molecule has 0 spiro atoms. The number of ether oxygens (including phenoxy) is 1. The first-order valence-corrected chi connectivity index (χ1v) is 5.23. The van der Waals surface area contributed by atoms with Crippen molar-refractivity contribution >= 4 is 11.7 Å². The fraction of sp³-hybridized carbons (Fsp3) is 0.417. The Morgan fingerprint density at radius 2 is 2.40 bits per heavy atom. The fourth-order valence-electron chi connectivity index (χ4n) is 1.85.